The minimum absolute atomic E-state index is 0.0720. The molecule has 1 aliphatic rings. The Balaban J connectivity index is 1.54. The monoisotopic (exact) mass is 405 g/mol. The molecule has 1 aliphatic heterocycles. The molecule has 0 radical (unpaired) electrons. The van der Waals surface area contributed by atoms with Crippen molar-refractivity contribution in [3.63, 3.8) is 0 Å². The molecule has 0 fully saturated rings. The van der Waals surface area contributed by atoms with Crippen molar-refractivity contribution in [1.29, 1.82) is 0 Å². The molecule has 3 rings (SSSR count). The second-order valence-corrected chi connectivity index (χ2v) is 5.94. The maximum atomic E-state index is 11.9. The van der Waals surface area contributed by atoms with Gasteiger partial charge < -0.3 is 19.5 Å². The fraction of sp³-hybridized carbons (Fsp3) is 0.176. The highest BCUT2D eigenvalue weighted by Crippen LogP contribution is 2.39. The van der Waals surface area contributed by atoms with Crippen molar-refractivity contribution >= 4 is 33.7 Å². The van der Waals surface area contributed by atoms with Crippen LogP contribution in [0.15, 0.2) is 46.0 Å². The van der Waals surface area contributed by atoms with E-state index in [1.807, 2.05) is 30.3 Å². The summed E-state index contributed by atoms with van der Waals surface area (Å²) in [4.78, 5) is 11.9. The number of anilines is 1. The van der Waals surface area contributed by atoms with Crippen molar-refractivity contribution < 1.29 is 19.0 Å². The number of carbonyl (C=O) groups is 1. The number of amides is 1. The SMILES string of the molecule is COc1ccccc1NCC(=O)N/N=C\c1cc(Br)c2c(c1)OCO2. The van der Waals surface area contributed by atoms with Gasteiger partial charge in [0.25, 0.3) is 5.91 Å². The largest absolute Gasteiger partial charge is 0.495 e. The van der Waals surface area contributed by atoms with Crippen LogP contribution >= 0.6 is 15.9 Å². The van der Waals surface area contributed by atoms with Gasteiger partial charge >= 0.3 is 0 Å². The Morgan fingerprint density at radius 1 is 1.36 bits per heavy atom. The average molecular weight is 406 g/mol. The smallest absolute Gasteiger partial charge is 0.259 e. The lowest BCUT2D eigenvalue weighted by molar-refractivity contribution is -0.119. The zero-order valence-electron chi connectivity index (χ0n) is 13.4. The second-order valence-electron chi connectivity index (χ2n) is 5.08. The summed E-state index contributed by atoms with van der Waals surface area (Å²) in [7, 11) is 1.58. The fourth-order valence-electron chi connectivity index (χ4n) is 2.25. The lowest BCUT2D eigenvalue weighted by Crippen LogP contribution is -2.26. The van der Waals surface area contributed by atoms with E-state index in [-0.39, 0.29) is 19.2 Å². The van der Waals surface area contributed by atoms with Crippen molar-refractivity contribution in [2.75, 3.05) is 25.8 Å². The molecule has 2 aromatic rings. The average Bonchev–Trinajstić information content (AvgIpc) is 3.09. The molecule has 0 bridgehead atoms. The molecule has 25 heavy (non-hydrogen) atoms. The second kappa shape index (κ2) is 7.89. The number of benzene rings is 2. The molecule has 8 heteroatoms. The van der Waals surface area contributed by atoms with Crippen LogP contribution in [0.3, 0.4) is 0 Å². The number of fused-ring (bicyclic) bond motifs is 1. The molecule has 2 aromatic carbocycles. The summed E-state index contributed by atoms with van der Waals surface area (Å²) in [5.41, 5.74) is 3.98. The zero-order chi connectivity index (χ0) is 17.6. The molecule has 0 spiro atoms. The molecule has 0 aromatic heterocycles. The lowest BCUT2D eigenvalue weighted by atomic mass is 10.2. The summed E-state index contributed by atoms with van der Waals surface area (Å²) in [6.07, 6.45) is 1.54. The van der Waals surface area contributed by atoms with E-state index in [2.05, 4.69) is 31.8 Å². The molecule has 0 saturated carbocycles. The fourth-order valence-corrected chi connectivity index (χ4v) is 2.82. The minimum Gasteiger partial charge on any atom is -0.495 e. The lowest BCUT2D eigenvalue weighted by Gasteiger charge is -2.09. The predicted molar refractivity (Wildman–Crippen MR) is 97.5 cm³/mol. The van der Waals surface area contributed by atoms with E-state index >= 15 is 0 Å². The zero-order valence-corrected chi connectivity index (χ0v) is 15.0. The van der Waals surface area contributed by atoms with Gasteiger partial charge in [-0.15, -0.1) is 0 Å². The van der Waals surface area contributed by atoms with Crippen molar-refractivity contribution in [1.82, 2.24) is 5.43 Å². The van der Waals surface area contributed by atoms with E-state index in [4.69, 9.17) is 14.2 Å². The van der Waals surface area contributed by atoms with Gasteiger partial charge in [0.2, 0.25) is 6.79 Å². The van der Waals surface area contributed by atoms with Gasteiger partial charge in [0.05, 0.1) is 30.0 Å². The Hall–Kier alpha value is -2.74. The molecule has 0 aliphatic carbocycles. The summed E-state index contributed by atoms with van der Waals surface area (Å²) >= 11 is 3.41. The third-order valence-corrected chi connectivity index (χ3v) is 3.99. The number of nitrogens with zero attached hydrogens (tertiary/aromatic N) is 1. The third kappa shape index (κ3) is 4.21. The van der Waals surface area contributed by atoms with E-state index in [1.54, 1.807) is 13.2 Å². The number of methoxy groups -OCH3 is 1. The van der Waals surface area contributed by atoms with Crippen LogP contribution in [0.25, 0.3) is 0 Å². The van der Waals surface area contributed by atoms with E-state index in [1.165, 1.54) is 6.21 Å². The summed E-state index contributed by atoms with van der Waals surface area (Å²) in [5, 5.41) is 6.95. The molecule has 2 N–H and O–H groups in total. The Morgan fingerprint density at radius 2 is 2.20 bits per heavy atom. The van der Waals surface area contributed by atoms with Gasteiger partial charge in [0.1, 0.15) is 5.75 Å². The highest BCUT2D eigenvalue weighted by atomic mass is 79.9. The Morgan fingerprint density at radius 3 is 3.04 bits per heavy atom. The number of hydrogen-bond donors (Lipinski definition) is 2. The summed E-state index contributed by atoms with van der Waals surface area (Å²) in [6, 6.07) is 11.0. The summed E-state index contributed by atoms with van der Waals surface area (Å²) in [5.74, 6) is 1.70. The van der Waals surface area contributed by atoms with Crippen LogP contribution in [0, 0.1) is 0 Å². The standard InChI is InChI=1S/C17H16BrN3O4/c1-23-14-5-3-2-4-13(14)19-9-16(22)21-20-8-11-6-12(18)17-15(7-11)24-10-25-17/h2-8,19H,9-10H2,1H3,(H,21,22)/b20-8-. The maximum Gasteiger partial charge on any atom is 0.259 e. The minimum atomic E-state index is -0.276. The van der Waals surface area contributed by atoms with E-state index in [0.29, 0.717) is 17.2 Å². The van der Waals surface area contributed by atoms with Gasteiger partial charge in [-0.05, 0) is 45.8 Å². The molecular formula is C17H16BrN3O4. The third-order valence-electron chi connectivity index (χ3n) is 3.40. The molecule has 0 unspecified atom stereocenters. The van der Waals surface area contributed by atoms with Crippen LogP contribution in [-0.4, -0.2) is 32.6 Å². The van der Waals surface area contributed by atoms with Gasteiger partial charge in [0.15, 0.2) is 11.5 Å². The van der Waals surface area contributed by atoms with Crippen molar-refractivity contribution in [2.24, 2.45) is 5.10 Å². The van der Waals surface area contributed by atoms with Gasteiger partial charge in [-0.2, -0.15) is 5.10 Å². The van der Waals surface area contributed by atoms with E-state index < -0.39 is 0 Å². The number of ether oxygens (including phenoxy) is 3. The van der Waals surface area contributed by atoms with E-state index in [9.17, 15) is 4.79 Å². The number of para-hydroxylation sites is 2. The number of rotatable bonds is 6. The first kappa shape index (κ1) is 17.1. The normalized spacial score (nSPS) is 12.2. The molecule has 0 saturated heterocycles. The number of hydrazone groups is 1. The summed E-state index contributed by atoms with van der Waals surface area (Å²) in [6.45, 7) is 0.266. The molecule has 1 heterocycles. The molecule has 1 amide bonds. The first-order valence-electron chi connectivity index (χ1n) is 7.45. The number of nitrogens with one attached hydrogen (secondary N) is 2. The molecular weight excluding hydrogens is 390 g/mol. The van der Waals surface area contributed by atoms with Crippen molar-refractivity contribution in [3.05, 3.63) is 46.4 Å². The van der Waals surface area contributed by atoms with Gasteiger partial charge in [-0.3, -0.25) is 4.79 Å². The quantitative estimate of drug-likeness (QED) is 0.570. The van der Waals surface area contributed by atoms with Crippen LogP contribution in [-0.2, 0) is 4.79 Å². The van der Waals surface area contributed by atoms with Crippen molar-refractivity contribution in [2.45, 2.75) is 0 Å². The molecule has 0 atom stereocenters. The number of carbonyl (C=O) groups excluding carboxylic acids is 1. The first-order chi connectivity index (χ1) is 12.2. The number of halogens is 1. The first-order valence-corrected chi connectivity index (χ1v) is 8.24. The van der Waals surface area contributed by atoms with Crippen LogP contribution in [0.2, 0.25) is 0 Å². The highest BCUT2D eigenvalue weighted by molar-refractivity contribution is 9.10. The number of hydrogen-bond acceptors (Lipinski definition) is 6. The predicted octanol–water partition coefficient (Wildman–Crippen LogP) is 2.75. The Bertz CT molecular complexity index is 810. The van der Waals surface area contributed by atoms with Crippen LogP contribution < -0.4 is 25.0 Å². The van der Waals surface area contributed by atoms with Gasteiger partial charge in [-0.1, -0.05) is 12.1 Å². The Kier molecular flexibility index (Phi) is 5.39. The molecule has 7 nitrogen and oxygen atoms in total. The Labute approximate surface area is 153 Å². The topological polar surface area (TPSA) is 81.2 Å². The van der Waals surface area contributed by atoms with Crippen LogP contribution in [0.1, 0.15) is 5.56 Å². The molecule has 130 valence electrons. The van der Waals surface area contributed by atoms with Crippen molar-refractivity contribution in [3.8, 4) is 17.2 Å². The maximum absolute atomic E-state index is 11.9. The highest BCUT2D eigenvalue weighted by Gasteiger charge is 2.17. The van der Waals surface area contributed by atoms with E-state index in [0.717, 1.165) is 15.7 Å². The summed E-state index contributed by atoms with van der Waals surface area (Å²) < 4.78 is 16.6. The van der Waals surface area contributed by atoms with Gasteiger partial charge in [-0.25, -0.2) is 5.43 Å². The van der Waals surface area contributed by atoms with Crippen LogP contribution in [0.5, 0.6) is 17.2 Å². The van der Waals surface area contributed by atoms with Crippen LogP contribution in [0.4, 0.5) is 5.69 Å². The van der Waals surface area contributed by atoms with Gasteiger partial charge in [0, 0.05) is 0 Å².